The van der Waals surface area contributed by atoms with Crippen molar-refractivity contribution in [3.8, 4) is 24.2 Å². The molecule has 5 aromatic rings. The summed E-state index contributed by atoms with van der Waals surface area (Å²) in [6.07, 6.45) is 10.3. The summed E-state index contributed by atoms with van der Waals surface area (Å²) in [4.78, 5) is 32.0. The van der Waals surface area contributed by atoms with Crippen molar-refractivity contribution < 1.29 is 4.79 Å². The first-order valence-electron chi connectivity index (χ1n) is 13.5. The number of carbonyl (C=O) groups is 1. The Kier molecular flexibility index (Phi) is 8.60. The number of benzene rings is 1. The molecule has 0 aliphatic rings. The van der Waals surface area contributed by atoms with E-state index in [1.165, 1.54) is 15.3 Å². The van der Waals surface area contributed by atoms with Crippen LogP contribution in [0.2, 0.25) is 0 Å². The van der Waals surface area contributed by atoms with Gasteiger partial charge in [-0.05, 0) is 42.5 Å². The first kappa shape index (κ1) is 30.8. The molecule has 3 N–H and O–H groups in total. The Bertz CT molecular complexity index is 2230. The molecule has 1 amide bonds. The molecular weight excluding hydrogens is 560 g/mol. The molecule has 5 rings (SSSR count). The van der Waals surface area contributed by atoms with Gasteiger partial charge in [0.05, 0.1) is 11.4 Å². The van der Waals surface area contributed by atoms with Crippen molar-refractivity contribution in [1.29, 1.82) is 0 Å². The third kappa shape index (κ3) is 6.09. The van der Waals surface area contributed by atoms with Gasteiger partial charge >= 0.3 is 0 Å². The smallest absolute Gasteiger partial charge is 0.260 e. The number of hydrogen-bond donors (Lipinski definition) is 2. The fourth-order valence-corrected chi connectivity index (χ4v) is 4.77. The van der Waals surface area contributed by atoms with Gasteiger partial charge in [0, 0.05) is 43.4 Å². The highest BCUT2D eigenvalue weighted by molar-refractivity contribution is 6.44. The lowest BCUT2D eigenvalue weighted by Crippen LogP contribution is -2.33. The Morgan fingerprint density at radius 2 is 1.87 bits per heavy atom. The highest BCUT2D eigenvalue weighted by Gasteiger charge is 2.23. The number of anilines is 1. The van der Waals surface area contributed by atoms with Gasteiger partial charge < -0.3 is 15.6 Å². The summed E-state index contributed by atoms with van der Waals surface area (Å²) >= 11 is 0. The molecule has 14 heteroatoms. The van der Waals surface area contributed by atoms with Crippen LogP contribution in [0.5, 0.6) is 0 Å². The van der Waals surface area contributed by atoms with Crippen molar-refractivity contribution in [1.82, 2.24) is 34.3 Å². The molecule has 8 radical (unpaired) electrons. The van der Waals surface area contributed by atoms with Crippen molar-refractivity contribution in [2.45, 2.75) is 19.5 Å². The number of fused-ring (bicyclic) bond motifs is 2. The van der Waals surface area contributed by atoms with Crippen LogP contribution in [-0.2, 0) is 13.6 Å². The number of nitrogen functional groups attached to an aromatic ring is 1. The van der Waals surface area contributed by atoms with E-state index < -0.39 is 17.5 Å². The number of nitrogens with two attached hydrogens (primary N) is 1. The predicted molar refractivity (Wildman–Crippen MR) is 177 cm³/mol. The molecule has 0 saturated carbocycles. The van der Waals surface area contributed by atoms with Crippen LogP contribution in [0, 0.1) is 24.2 Å². The fourth-order valence-electron chi connectivity index (χ4n) is 4.77. The summed E-state index contributed by atoms with van der Waals surface area (Å²) in [5, 5.41) is 12.2. The number of nitrogens with zero attached hydrogens (tertiary/aromatic N) is 6. The van der Waals surface area contributed by atoms with E-state index in [1.54, 1.807) is 67.4 Å². The normalized spacial score (nSPS) is 12.9. The summed E-state index contributed by atoms with van der Waals surface area (Å²) in [5.74, 6) is 7.72. The van der Waals surface area contributed by atoms with E-state index in [1.807, 2.05) is 0 Å². The third-order valence-electron chi connectivity index (χ3n) is 7.06. The van der Waals surface area contributed by atoms with E-state index in [0.29, 0.717) is 27.7 Å². The zero-order valence-electron chi connectivity index (χ0n) is 24.4. The minimum Gasteiger partial charge on any atom is -0.381 e. The first-order valence-corrected chi connectivity index (χ1v) is 13.5. The van der Waals surface area contributed by atoms with Crippen molar-refractivity contribution in [3.05, 3.63) is 110 Å². The Hall–Kier alpha value is -5.61. The zero-order chi connectivity index (χ0) is 32.4. The molecule has 0 aliphatic heterocycles. The second-order valence-corrected chi connectivity index (χ2v) is 10.1. The van der Waals surface area contributed by atoms with Crippen molar-refractivity contribution in [3.63, 3.8) is 0 Å². The number of rotatable bonds is 6. The summed E-state index contributed by atoms with van der Waals surface area (Å²) in [6.45, 7) is 1.50. The topological polar surface area (TPSA) is 125 Å². The molecule has 210 valence electrons. The zero-order valence-corrected chi connectivity index (χ0v) is 24.4. The quantitative estimate of drug-likeness (QED) is 0.175. The Balaban J connectivity index is 1.65. The lowest BCUT2D eigenvalue weighted by molar-refractivity contribution is 0.0940. The largest absolute Gasteiger partial charge is 0.381 e. The molecule has 4 aromatic heterocycles. The fraction of sp³-hybridized carbons (Fsp3) is 0.129. The van der Waals surface area contributed by atoms with E-state index >= 15 is 0 Å². The van der Waals surface area contributed by atoms with Crippen LogP contribution in [-0.4, -0.2) is 66.2 Å². The highest BCUT2D eigenvalue weighted by atomic mass is 16.2. The summed E-state index contributed by atoms with van der Waals surface area (Å²) in [6, 6.07) is 9.75. The molecule has 0 spiro atoms. The molecule has 0 aliphatic carbocycles. The Morgan fingerprint density at radius 1 is 1.09 bits per heavy atom. The molecular formula is C31H22B4N8O2. The van der Waals surface area contributed by atoms with Crippen molar-refractivity contribution in [2.75, 3.05) is 5.73 Å². The van der Waals surface area contributed by atoms with Crippen LogP contribution < -0.4 is 16.6 Å². The van der Waals surface area contributed by atoms with Gasteiger partial charge in [-0.1, -0.05) is 29.4 Å². The summed E-state index contributed by atoms with van der Waals surface area (Å²) in [5.41, 5.74) is 7.17. The van der Waals surface area contributed by atoms with Crippen LogP contribution in [0.4, 0.5) is 5.82 Å². The van der Waals surface area contributed by atoms with E-state index in [4.69, 9.17) is 43.5 Å². The first-order chi connectivity index (χ1) is 21.5. The molecule has 1 aromatic carbocycles. The van der Waals surface area contributed by atoms with Crippen molar-refractivity contribution >= 4 is 59.5 Å². The molecule has 45 heavy (non-hydrogen) atoms. The maximum atomic E-state index is 14.3. The van der Waals surface area contributed by atoms with Gasteiger partial charge in [-0.15, -0.1) is 27.9 Å². The van der Waals surface area contributed by atoms with Crippen LogP contribution in [0.25, 0.3) is 16.4 Å². The van der Waals surface area contributed by atoms with Gasteiger partial charge in [0.25, 0.3) is 11.5 Å². The van der Waals surface area contributed by atoms with E-state index in [-0.39, 0.29) is 45.5 Å². The Morgan fingerprint density at radius 3 is 2.58 bits per heavy atom. The predicted octanol–water partition coefficient (Wildman–Crippen LogP) is 0.981. The highest BCUT2D eigenvalue weighted by Crippen LogP contribution is 2.23. The SMILES string of the molecule is [B]/C(C#C)=C([B])/C([B])=C(/[B])Cn1c(C(C)NC(=O)c2c(N)nn3cccnc23)cc2cccc(C#Cc3ccn(C)n3)c2c1=O. The molecule has 0 saturated heterocycles. The summed E-state index contributed by atoms with van der Waals surface area (Å²) < 4.78 is 4.42. The lowest BCUT2D eigenvalue weighted by atomic mass is 9.66. The van der Waals surface area contributed by atoms with Gasteiger partial charge in [-0.25, -0.2) is 9.50 Å². The van der Waals surface area contributed by atoms with Gasteiger partial charge in [-0.2, -0.15) is 5.10 Å². The van der Waals surface area contributed by atoms with E-state index in [9.17, 15) is 9.59 Å². The number of aryl methyl sites for hydroxylation is 1. The van der Waals surface area contributed by atoms with Crippen LogP contribution in [0.1, 0.15) is 40.3 Å². The molecule has 0 bridgehead atoms. The molecule has 0 fully saturated rings. The second kappa shape index (κ2) is 12.6. The number of amides is 1. The maximum Gasteiger partial charge on any atom is 0.260 e. The molecule has 1 atom stereocenters. The number of pyridine rings is 1. The maximum absolute atomic E-state index is 14.3. The third-order valence-corrected chi connectivity index (χ3v) is 7.06. The minimum atomic E-state index is -0.742. The van der Waals surface area contributed by atoms with E-state index in [2.05, 4.69) is 38.3 Å². The number of nitrogens with one attached hydrogen (secondary N) is 1. The summed E-state index contributed by atoms with van der Waals surface area (Å²) in [7, 11) is 26.1. The van der Waals surface area contributed by atoms with Gasteiger partial charge in [0.2, 0.25) is 0 Å². The van der Waals surface area contributed by atoms with E-state index in [0.717, 1.165) is 0 Å². The van der Waals surface area contributed by atoms with Crippen LogP contribution in [0.15, 0.2) is 81.7 Å². The lowest BCUT2D eigenvalue weighted by Gasteiger charge is -2.23. The van der Waals surface area contributed by atoms with Crippen molar-refractivity contribution in [2.24, 2.45) is 7.05 Å². The molecule has 10 nitrogen and oxygen atoms in total. The number of terminal acetylenes is 1. The number of carbonyl (C=O) groups excluding carboxylic acids is 1. The van der Waals surface area contributed by atoms with Crippen LogP contribution in [0.3, 0.4) is 0 Å². The standard InChI is InChI=1S/C31H22B4N8O2/c1-4-21(32)26(34)27(35)22(33)16-42-23(17(2)38-30(44)25-28(36)40-43-13-6-12-37-29(25)43)15-19-8-5-7-18(24(19)31(42)45)9-10-20-11-14-41(3)39-20/h1,5-8,11-15,17H,16H2,2-3H3,(H2,36,40)(H,38,44)/b26-21-,27-22-. The second-order valence-electron chi connectivity index (χ2n) is 10.1. The average molecular weight is 582 g/mol. The van der Waals surface area contributed by atoms with Gasteiger partial charge in [0.1, 0.15) is 42.6 Å². The van der Waals surface area contributed by atoms with Crippen LogP contribution >= 0.6 is 0 Å². The number of aromatic nitrogens is 6. The molecule has 1 unspecified atom stereocenters. The molecule has 4 heterocycles. The minimum absolute atomic E-state index is 0.00117. The Labute approximate surface area is 264 Å². The van der Waals surface area contributed by atoms with Gasteiger partial charge in [-0.3, -0.25) is 14.3 Å². The number of hydrogen-bond acceptors (Lipinski definition) is 6. The number of allylic oxidation sites excluding steroid dienone is 4. The monoisotopic (exact) mass is 582 g/mol. The average Bonchev–Trinajstić information content (AvgIpc) is 3.60. The van der Waals surface area contributed by atoms with Gasteiger partial charge in [0.15, 0.2) is 11.5 Å².